The van der Waals surface area contributed by atoms with Crippen molar-refractivity contribution < 1.29 is 5.11 Å². The van der Waals surface area contributed by atoms with Gasteiger partial charge in [0, 0.05) is 18.4 Å². The number of aliphatic hydroxyl groups excluding tert-OH is 1. The Labute approximate surface area is 89.8 Å². The van der Waals surface area contributed by atoms with Crippen LogP contribution in [0.4, 0.5) is 0 Å². The second kappa shape index (κ2) is 4.32. The molecule has 0 spiro atoms. The van der Waals surface area contributed by atoms with Gasteiger partial charge >= 0.3 is 0 Å². The predicted octanol–water partition coefficient (Wildman–Crippen LogP) is 2.34. The highest BCUT2D eigenvalue weighted by molar-refractivity contribution is 5.23. The average Bonchev–Trinajstić information content (AvgIpc) is 2.66. The summed E-state index contributed by atoms with van der Waals surface area (Å²) in [7, 11) is 0. The highest BCUT2D eigenvalue weighted by Gasteiger charge is 1.97. The highest BCUT2D eigenvalue weighted by Crippen LogP contribution is 2.08. The van der Waals surface area contributed by atoms with E-state index in [0.29, 0.717) is 0 Å². The van der Waals surface area contributed by atoms with E-state index in [0.717, 1.165) is 12.1 Å². The number of hydrogen-bond donors (Lipinski definition) is 1. The molecule has 2 heteroatoms. The zero-order valence-electron chi connectivity index (χ0n) is 8.85. The van der Waals surface area contributed by atoms with Crippen molar-refractivity contribution in [2.45, 2.75) is 20.1 Å². The van der Waals surface area contributed by atoms with E-state index in [1.807, 2.05) is 12.1 Å². The molecule has 0 fully saturated rings. The third-order valence-electron chi connectivity index (χ3n) is 2.61. The van der Waals surface area contributed by atoms with Gasteiger partial charge in [-0.05, 0) is 30.2 Å². The van der Waals surface area contributed by atoms with Crippen LogP contribution in [0.1, 0.15) is 16.8 Å². The lowest BCUT2D eigenvalue weighted by molar-refractivity contribution is 0.282. The number of aromatic nitrogens is 1. The number of nitrogens with zero attached hydrogens (tertiary/aromatic N) is 1. The molecular weight excluding hydrogens is 186 g/mol. The Morgan fingerprint density at radius 3 is 2.27 bits per heavy atom. The van der Waals surface area contributed by atoms with Crippen molar-refractivity contribution in [3.8, 4) is 0 Å². The molecule has 1 aromatic carbocycles. The summed E-state index contributed by atoms with van der Waals surface area (Å²) in [6.45, 7) is 3.11. The van der Waals surface area contributed by atoms with Gasteiger partial charge in [-0.2, -0.15) is 0 Å². The first-order valence-electron chi connectivity index (χ1n) is 5.10. The van der Waals surface area contributed by atoms with E-state index in [2.05, 4.69) is 42.0 Å². The van der Waals surface area contributed by atoms with Crippen LogP contribution in [0.15, 0.2) is 42.6 Å². The van der Waals surface area contributed by atoms with Gasteiger partial charge in [0.25, 0.3) is 0 Å². The van der Waals surface area contributed by atoms with Crippen molar-refractivity contribution in [3.05, 3.63) is 59.4 Å². The lowest BCUT2D eigenvalue weighted by atomic mass is 10.1. The summed E-state index contributed by atoms with van der Waals surface area (Å²) in [5.41, 5.74) is 3.48. The average molecular weight is 201 g/mol. The van der Waals surface area contributed by atoms with Crippen LogP contribution in [0, 0.1) is 6.92 Å². The van der Waals surface area contributed by atoms with Crippen molar-refractivity contribution >= 4 is 0 Å². The Morgan fingerprint density at radius 1 is 1.07 bits per heavy atom. The van der Waals surface area contributed by atoms with Crippen LogP contribution >= 0.6 is 0 Å². The normalized spacial score (nSPS) is 10.5. The van der Waals surface area contributed by atoms with Gasteiger partial charge < -0.3 is 9.67 Å². The number of rotatable bonds is 3. The smallest absolute Gasteiger partial charge is 0.0681 e. The van der Waals surface area contributed by atoms with E-state index in [4.69, 9.17) is 5.11 Å². The molecule has 0 unspecified atom stereocenters. The van der Waals surface area contributed by atoms with Crippen LogP contribution in [0.5, 0.6) is 0 Å². The molecular formula is C13H15NO. The minimum Gasteiger partial charge on any atom is -0.392 e. The van der Waals surface area contributed by atoms with E-state index in [9.17, 15) is 0 Å². The molecule has 2 aromatic rings. The molecule has 0 bridgehead atoms. The van der Waals surface area contributed by atoms with Crippen molar-refractivity contribution in [2.75, 3.05) is 0 Å². The quantitative estimate of drug-likeness (QED) is 0.810. The van der Waals surface area contributed by atoms with Crippen molar-refractivity contribution in [3.63, 3.8) is 0 Å². The Hall–Kier alpha value is -1.54. The molecule has 0 aliphatic rings. The standard InChI is InChI=1S/C13H15NO/c1-11-3-2-8-14(11)9-12-4-6-13(10-15)7-5-12/h2-8,15H,9-10H2,1H3. The maximum absolute atomic E-state index is 8.92. The third-order valence-corrected chi connectivity index (χ3v) is 2.61. The topological polar surface area (TPSA) is 25.2 Å². The summed E-state index contributed by atoms with van der Waals surface area (Å²) < 4.78 is 2.20. The van der Waals surface area contributed by atoms with Crippen molar-refractivity contribution in [2.24, 2.45) is 0 Å². The first-order chi connectivity index (χ1) is 7.29. The number of aryl methyl sites for hydroxylation is 1. The molecule has 0 saturated heterocycles. The largest absolute Gasteiger partial charge is 0.392 e. The number of hydrogen-bond acceptors (Lipinski definition) is 1. The Bertz CT molecular complexity index is 428. The Kier molecular flexibility index (Phi) is 2.88. The van der Waals surface area contributed by atoms with Gasteiger partial charge in [0.1, 0.15) is 0 Å². The van der Waals surface area contributed by atoms with Crippen LogP contribution in [0.2, 0.25) is 0 Å². The van der Waals surface area contributed by atoms with Crippen LogP contribution in [-0.2, 0) is 13.2 Å². The van der Waals surface area contributed by atoms with Gasteiger partial charge in [-0.25, -0.2) is 0 Å². The maximum atomic E-state index is 8.92. The molecule has 1 N–H and O–H groups in total. The van der Waals surface area contributed by atoms with E-state index in [1.54, 1.807) is 0 Å². The minimum atomic E-state index is 0.114. The molecule has 0 saturated carbocycles. The molecule has 0 atom stereocenters. The molecule has 0 aliphatic carbocycles. The molecule has 0 radical (unpaired) electrons. The number of benzene rings is 1. The molecule has 0 aliphatic heterocycles. The van der Waals surface area contributed by atoms with Crippen LogP contribution in [-0.4, -0.2) is 9.67 Å². The Balaban J connectivity index is 2.14. The molecule has 15 heavy (non-hydrogen) atoms. The van der Waals surface area contributed by atoms with Crippen LogP contribution in [0.3, 0.4) is 0 Å². The summed E-state index contributed by atoms with van der Waals surface area (Å²) in [5.74, 6) is 0. The predicted molar refractivity (Wildman–Crippen MR) is 60.6 cm³/mol. The molecule has 0 amide bonds. The van der Waals surface area contributed by atoms with Crippen molar-refractivity contribution in [1.82, 2.24) is 4.57 Å². The first-order valence-corrected chi connectivity index (χ1v) is 5.10. The van der Waals surface area contributed by atoms with Gasteiger partial charge in [0.05, 0.1) is 6.61 Å². The lowest BCUT2D eigenvalue weighted by Crippen LogP contribution is -1.99. The second-order valence-corrected chi connectivity index (χ2v) is 3.75. The Morgan fingerprint density at radius 2 is 1.73 bits per heavy atom. The summed E-state index contributed by atoms with van der Waals surface area (Å²) in [4.78, 5) is 0. The minimum absolute atomic E-state index is 0.114. The SMILES string of the molecule is Cc1cccn1Cc1ccc(CO)cc1. The molecule has 1 heterocycles. The van der Waals surface area contributed by atoms with Gasteiger partial charge in [0.15, 0.2) is 0 Å². The summed E-state index contributed by atoms with van der Waals surface area (Å²) >= 11 is 0. The first kappa shape index (κ1) is 9.99. The fraction of sp³-hybridized carbons (Fsp3) is 0.231. The third kappa shape index (κ3) is 2.28. The fourth-order valence-electron chi connectivity index (χ4n) is 1.62. The zero-order chi connectivity index (χ0) is 10.7. The summed E-state index contributed by atoms with van der Waals surface area (Å²) in [6.07, 6.45) is 2.08. The van der Waals surface area contributed by atoms with E-state index in [1.165, 1.54) is 11.3 Å². The summed E-state index contributed by atoms with van der Waals surface area (Å²) in [6, 6.07) is 12.2. The van der Waals surface area contributed by atoms with E-state index < -0.39 is 0 Å². The van der Waals surface area contributed by atoms with Crippen LogP contribution < -0.4 is 0 Å². The molecule has 1 aromatic heterocycles. The van der Waals surface area contributed by atoms with E-state index >= 15 is 0 Å². The lowest BCUT2D eigenvalue weighted by Gasteiger charge is -2.06. The van der Waals surface area contributed by atoms with Gasteiger partial charge in [-0.3, -0.25) is 0 Å². The highest BCUT2D eigenvalue weighted by atomic mass is 16.3. The maximum Gasteiger partial charge on any atom is 0.0681 e. The van der Waals surface area contributed by atoms with Gasteiger partial charge in [-0.1, -0.05) is 24.3 Å². The van der Waals surface area contributed by atoms with E-state index in [-0.39, 0.29) is 6.61 Å². The molecule has 78 valence electrons. The number of aliphatic hydroxyl groups is 1. The second-order valence-electron chi connectivity index (χ2n) is 3.75. The van der Waals surface area contributed by atoms with Gasteiger partial charge in [0.2, 0.25) is 0 Å². The molecule has 2 rings (SSSR count). The monoisotopic (exact) mass is 201 g/mol. The summed E-state index contributed by atoms with van der Waals surface area (Å²) in [5, 5.41) is 8.92. The molecule has 2 nitrogen and oxygen atoms in total. The van der Waals surface area contributed by atoms with Gasteiger partial charge in [-0.15, -0.1) is 0 Å². The van der Waals surface area contributed by atoms with Crippen LogP contribution in [0.25, 0.3) is 0 Å². The fourth-order valence-corrected chi connectivity index (χ4v) is 1.62. The van der Waals surface area contributed by atoms with Crippen molar-refractivity contribution in [1.29, 1.82) is 0 Å². The zero-order valence-corrected chi connectivity index (χ0v) is 8.85.